The Balaban J connectivity index is 1.66. The molecule has 5 aromatic carbocycles. The molecular formula is C30H24N2O. The lowest BCUT2D eigenvalue weighted by molar-refractivity contribution is 0.475. The van der Waals surface area contributed by atoms with Gasteiger partial charge in [0.05, 0.1) is 0 Å². The van der Waals surface area contributed by atoms with Gasteiger partial charge in [-0.1, -0.05) is 66.7 Å². The number of anilines is 6. The number of nitrogens with zero attached hydrogens (tertiary/aromatic N) is 2. The molecule has 0 bridgehead atoms. The smallest absolute Gasteiger partial charge is 0.117 e. The number of rotatable bonds is 6. The van der Waals surface area contributed by atoms with E-state index in [1.54, 1.807) is 12.1 Å². The average molecular weight is 429 g/mol. The Morgan fingerprint density at radius 2 is 0.667 bits per heavy atom. The summed E-state index contributed by atoms with van der Waals surface area (Å²) in [5.41, 5.74) is 6.14. The second kappa shape index (κ2) is 9.33. The summed E-state index contributed by atoms with van der Waals surface area (Å²) in [5.74, 6) is 0.236. The standard InChI is InChI=1S/C30H24N2O/c33-30-21-11-20-29(23-30)32(26-16-8-3-9-17-26)28-19-10-18-27(22-28)31(24-12-4-1-5-13-24)25-14-6-2-7-15-25/h1-23,33H. The first-order chi connectivity index (χ1) is 16.3. The Hall–Kier alpha value is -4.50. The molecule has 1 N–H and O–H groups in total. The van der Waals surface area contributed by atoms with Crippen LogP contribution in [0.15, 0.2) is 140 Å². The van der Waals surface area contributed by atoms with Gasteiger partial charge >= 0.3 is 0 Å². The minimum Gasteiger partial charge on any atom is -0.508 e. The van der Waals surface area contributed by atoms with Crippen molar-refractivity contribution in [1.82, 2.24) is 0 Å². The van der Waals surface area contributed by atoms with Crippen molar-refractivity contribution in [2.24, 2.45) is 0 Å². The Bertz CT molecular complexity index is 1280. The van der Waals surface area contributed by atoms with E-state index < -0.39 is 0 Å². The highest BCUT2D eigenvalue weighted by Gasteiger charge is 2.16. The number of benzene rings is 5. The lowest BCUT2D eigenvalue weighted by Crippen LogP contribution is -2.13. The molecule has 3 nitrogen and oxygen atoms in total. The Labute approximate surface area is 194 Å². The minimum absolute atomic E-state index is 0.236. The summed E-state index contributed by atoms with van der Waals surface area (Å²) < 4.78 is 0. The summed E-state index contributed by atoms with van der Waals surface area (Å²) in [5, 5.41) is 10.2. The van der Waals surface area contributed by atoms with Crippen LogP contribution in [-0.4, -0.2) is 5.11 Å². The molecule has 0 amide bonds. The molecule has 0 heterocycles. The van der Waals surface area contributed by atoms with Crippen molar-refractivity contribution in [2.45, 2.75) is 0 Å². The number of aromatic hydroxyl groups is 1. The van der Waals surface area contributed by atoms with Gasteiger partial charge in [0.2, 0.25) is 0 Å². The van der Waals surface area contributed by atoms with Gasteiger partial charge in [0.25, 0.3) is 0 Å². The summed E-state index contributed by atoms with van der Waals surface area (Å²) in [4.78, 5) is 4.40. The fourth-order valence-electron chi connectivity index (χ4n) is 4.03. The molecule has 0 fully saturated rings. The second-order valence-electron chi connectivity index (χ2n) is 7.72. The molecule has 0 unspecified atom stereocenters. The molecule has 0 aliphatic rings. The maximum Gasteiger partial charge on any atom is 0.117 e. The summed E-state index contributed by atoms with van der Waals surface area (Å²) in [7, 11) is 0. The number of hydrogen-bond donors (Lipinski definition) is 1. The van der Waals surface area contributed by atoms with Crippen LogP contribution in [0.1, 0.15) is 0 Å². The van der Waals surface area contributed by atoms with Crippen molar-refractivity contribution in [2.75, 3.05) is 9.80 Å². The zero-order valence-corrected chi connectivity index (χ0v) is 18.1. The van der Waals surface area contributed by atoms with E-state index in [4.69, 9.17) is 0 Å². The van der Waals surface area contributed by atoms with Crippen LogP contribution in [0.4, 0.5) is 34.1 Å². The van der Waals surface area contributed by atoms with Gasteiger partial charge in [-0.15, -0.1) is 0 Å². The van der Waals surface area contributed by atoms with E-state index in [1.165, 1.54) is 0 Å². The highest BCUT2D eigenvalue weighted by atomic mass is 16.3. The average Bonchev–Trinajstić information content (AvgIpc) is 2.87. The molecule has 0 saturated heterocycles. The number of phenolic OH excluding ortho intramolecular Hbond substituents is 1. The minimum atomic E-state index is 0.236. The van der Waals surface area contributed by atoms with Crippen molar-refractivity contribution in [3.63, 3.8) is 0 Å². The maximum absolute atomic E-state index is 10.2. The summed E-state index contributed by atoms with van der Waals surface area (Å²) in [6.45, 7) is 0. The third-order valence-electron chi connectivity index (χ3n) is 5.48. The number of phenols is 1. The molecule has 0 aliphatic carbocycles. The van der Waals surface area contributed by atoms with Crippen molar-refractivity contribution in [3.05, 3.63) is 140 Å². The maximum atomic E-state index is 10.2. The largest absolute Gasteiger partial charge is 0.508 e. The van der Waals surface area contributed by atoms with E-state index in [1.807, 2.05) is 42.5 Å². The third-order valence-corrected chi connectivity index (χ3v) is 5.48. The molecule has 5 aromatic rings. The van der Waals surface area contributed by atoms with Crippen molar-refractivity contribution >= 4 is 34.1 Å². The number of hydrogen-bond acceptors (Lipinski definition) is 3. The zero-order chi connectivity index (χ0) is 22.5. The van der Waals surface area contributed by atoms with Gasteiger partial charge in [-0.05, 0) is 66.7 Å². The van der Waals surface area contributed by atoms with Crippen LogP contribution in [0.3, 0.4) is 0 Å². The molecule has 0 spiro atoms. The second-order valence-corrected chi connectivity index (χ2v) is 7.72. The molecular weight excluding hydrogens is 404 g/mol. The SMILES string of the molecule is Oc1cccc(N(c2ccccc2)c2cccc(N(c3ccccc3)c3ccccc3)c2)c1. The Morgan fingerprint density at radius 3 is 1.09 bits per heavy atom. The normalized spacial score (nSPS) is 10.5. The van der Waals surface area contributed by atoms with Crippen LogP contribution in [-0.2, 0) is 0 Å². The topological polar surface area (TPSA) is 26.7 Å². The van der Waals surface area contributed by atoms with Gasteiger partial charge < -0.3 is 14.9 Å². The quantitative estimate of drug-likeness (QED) is 0.294. The molecule has 0 saturated carbocycles. The van der Waals surface area contributed by atoms with E-state index in [0.29, 0.717) is 0 Å². The monoisotopic (exact) mass is 428 g/mol. The van der Waals surface area contributed by atoms with Gasteiger partial charge in [-0.3, -0.25) is 0 Å². The van der Waals surface area contributed by atoms with Crippen molar-refractivity contribution < 1.29 is 5.11 Å². The van der Waals surface area contributed by atoms with E-state index in [0.717, 1.165) is 34.1 Å². The summed E-state index contributed by atoms with van der Waals surface area (Å²) >= 11 is 0. The van der Waals surface area contributed by atoms with E-state index in [-0.39, 0.29) is 5.75 Å². The molecule has 3 heteroatoms. The van der Waals surface area contributed by atoms with E-state index in [9.17, 15) is 5.11 Å². The lowest BCUT2D eigenvalue weighted by Gasteiger charge is -2.29. The summed E-state index contributed by atoms with van der Waals surface area (Å²) in [6, 6.07) is 46.7. The van der Waals surface area contributed by atoms with E-state index in [2.05, 4.69) is 94.7 Å². The van der Waals surface area contributed by atoms with Crippen molar-refractivity contribution in [1.29, 1.82) is 0 Å². The first-order valence-corrected chi connectivity index (χ1v) is 10.9. The van der Waals surface area contributed by atoms with Crippen LogP contribution in [0, 0.1) is 0 Å². The third kappa shape index (κ3) is 4.43. The molecule has 0 atom stereocenters. The van der Waals surface area contributed by atoms with Gasteiger partial charge in [0.1, 0.15) is 5.75 Å². The fraction of sp³-hybridized carbons (Fsp3) is 0. The zero-order valence-electron chi connectivity index (χ0n) is 18.1. The molecule has 33 heavy (non-hydrogen) atoms. The fourth-order valence-corrected chi connectivity index (χ4v) is 4.03. The van der Waals surface area contributed by atoms with Gasteiger partial charge in [-0.2, -0.15) is 0 Å². The van der Waals surface area contributed by atoms with Gasteiger partial charge in [-0.25, -0.2) is 0 Å². The highest BCUT2D eigenvalue weighted by Crippen LogP contribution is 2.40. The molecule has 0 aromatic heterocycles. The summed E-state index contributed by atoms with van der Waals surface area (Å²) in [6.07, 6.45) is 0. The predicted octanol–water partition coefficient (Wildman–Crippen LogP) is 8.33. The predicted molar refractivity (Wildman–Crippen MR) is 137 cm³/mol. The first-order valence-electron chi connectivity index (χ1n) is 10.9. The Kier molecular flexibility index (Phi) is 5.77. The number of para-hydroxylation sites is 3. The lowest BCUT2D eigenvalue weighted by atomic mass is 10.1. The molecule has 0 aliphatic heterocycles. The molecule has 0 radical (unpaired) electrons. The van der Waals surface area contributed by atoms with Crippen LogP contribution in [0.5, 0.6) is 5.75 Å². The van der Waals surface area contributed by atoms with Crippen LogP contribution >= 0.6 is 0 Å². The molecule has 5 rings (SSSR count). The van der Waals surface area contributed by atoms with Gasteiger partial charge in [0, 0.05) is 40.2 Å². The van der Waals surface area contributed by atoms with Crippen molar-refractivity contribution in [3.8, 4) is 5.75 Å². The molecule has 160 valence electrons. The van der Waals surface area contributed by atoms with Crippen LogP contribution in [0.2, 0.25) is 0 Å². The Morgan fingerprint density at radius 1 is 0.333 bits per heavy atom. The van der Waals surface area contributed by atoms with Crippen LogP contribution in [0.25, 0.3) is 0 Å². The van der Waals surface area contributed by atoms with Gasteiger partial charge in [0.15, 0.2) is 0 Å². The van der Waals surface area contributed by atoms with E-state index >= 15 is 0 Å². The highest BCUT2D eigenvalue weighted by molar-refractivity contribution is 5.83. The first kappa shape index (κ1) is 20.4. The van der Waals surface area contributed by atoms with Crippen LogP contribution < -0.4 is 9.80 Å².